The van der Waals surface area contributed by atoms with Crippen molar-refractivity contribution in [2.45, 2.75) is 12.8 Å². The minimum atomic E-state index is -0.0358. The maximum Gasteiger partial charge on any atom is 0.224 e. The Morgan fingerprint density at radius 3 is 2.80 bits per heavy atom. The third-order valence-electron chi connectivity index (χ3n) is 4.40. The van der Waals surface area contributed by atoms with Crippen LogP contribution in [-0.4, -0.2) is 33.7 Å². The normalized spacial score (nSPS) is 12.2. The molecule has 2 aromatic heterocycles. The fourth-order valence-electron chi connectivity index (χ4n) is 3.08. The first kappa shape index (κ1) is 17.2. The number of carbonyl (C=O) groups is 1. The van der Waals surface area contributed by atoms with Gasteiger partial charge in [0.05, 0.1) is 6.42 Å². The number of pyridine rings is 1. The summed E-state index contributed by atoms with van der Waals surface area (Å²) in [6.45, 7) is 0.460. The van der Waals surface area contributed by atoms with Crippen molar-refractivity contribution in [2.75, 3.05) is 13.2 Å². The van der Waals surface area contributed by atoms with Crippen LogP contribution in [0.2, 0.25) is 0 Å². The number of nitrogens with one attached hydrogen (secondary N) is 1. The smallest absolute Gasteiger partial charge is 0.224 e. The van der Waals surface area contributed by atoms with Gasteiger partial charge in [-0.3, -0.25) is 9.78 Å². The first-order chi connectivity index (χ1) is 12.2. The molecule has 0 saturated heterocycles. The molecule has 5 heteroatoms. The Kier molecular flexibility index (Phi) is 5.46. The van der Waals surface area contributed by atoms with Crippen molar-refractivity contribution in [3.63, 3.8) is 0 Å². The number of carbonyl (C=O) groups excluding carboxylic acids is 1. The molecular weight excluding hydrogens is 314 g/mol. The first-order valence-corrected chi connectivity index (χ1v) is 8.47. The number of hydrogen-bond acceptors (Lipinski definition) is 3. The van der Waals surface area contributed by atoms with Crippen LogP contribution in [-0.2, 0) is 24.7 Å². The molecule has 0 aliphatic carbocycles. The van der Waals surface area contributed by atoms with Gasteiger partial charge in [-0.05, 0) is 30.2 Å². The summed E-state index contributed by atoms with van der Waals surface area (Å²) in [5, 5.41) is 13.6. The second-order valence-electron chi connectivity index (χ2n) is 6.34. The molecule has 0 aliphatic heterocycles. The lowest BCUT2D eigenvalue weighted by molar-refractivity contribution is -0.120. The predicted octanol–water partition coefficient (Wildman–Crippen LogP) is 2.08. The van der Waals surface area contributed by atoms with Gasteiger partial charge in [0.2, 0.25) is 5.91 Å². The van der Waals surface area contributed by atoms with Gasteiger partial charge in [-0.1, -0.05) is 24.3 Å². The van der Waals surface area contributed by atoms with E-state index in [4.69, 9.17) is 0 Å². The molecule has 0 fully saturated rings. The number of aliphatic hydroxyl groups is 1. The van der Waals surface area contributed by atoms with Crippen LogP contribution in [0.4, 0.5) is 0 Å². The van der Waals surface area contributed by atoms with Crippen molar-refractivity contribution in [2.24, 2.45) is 13.0 Å². The molecule has 25 heavy (non-hydrogen) atoms. The highest BCUT2D eigenvalue weighted by molar-refractivity contribution is 5.89. The van der Waals surface area contributed by atoms with Crippen molar-refractivity contribution in [1.82, 2.24) is 14.9 Å². The van der Waals surface area contributed by atoms with E-state index in [1.165, 1.54) is 0 Å². The maximum atomic E-state index is 12.3. The summed E-state index contributed by atoms with van der Waals surface area (Å²) in [5.74, 6) is -0.0674. The lowest BCUT2D eigenvalue weighted by Crippen LogP contribution is -2.33. The fraction of sp³-hybridized carbons (Fsp3) is 0.300. The molecule has 3 aromatic rings. The number of rotatable bonds is 7. The Hall–Kier alpha value is -2.66. The number of aromatic nitrogens is 2. The summed E-state index contributed by atoms with van der Waals surface area (Å²) in [7, 11) is 1.98. The van der Waals surface area contributed by atoms with E-state index in [1.807, 2.05) is 60.3 Å². The van der Waals surface area contributed by atoms with E-state index in [1.54, 1.807) is 6.20 Å². The lowest BCUT2D eigenvalue weighted by Gasteiger charge is -2.14. The quantitative estimate of drug-likeness (QED) is 0.694. The SMILES string of the molecule is Cn1cc(CC(=O)NCC(CO)Cc2ccccn2)c2ccccc21. The molecule has 5 nitrogen and oxygen atoms in total. The highest BCUT2D eigenvalue weighted by Gasteiger charge is 2.13. The number of aliphatic hydroxyl groups excluding tert-OH is 1. The average Bonchev–Trinajstić information content (AvgIpc) is 2.95. The van der Waals surface area contributed by atoms with Crippen LogP contribution in [0.5, 0.6) is 0 Å². The van der Waals surface area contributed by atoms with E-state index in [9.17, 15) is 9.90 Å². The molecule has 0 bridgehead atoms. The van der Waals surface area contributed by atoms with Crippen LogP contribution in [0.3, 0.4) is 0 Å². The van der Waals surface area contributed by atoms with Gasteiger partial charge in [0.15, 0.2) is 0 Å². The molecule has 0 aliphatic rings. The standard InChI is InChI=1S/C20H23N3O2/c1-23-13-16(18-7-2-3-8-19(18)23)11-20(25)22-12-15(14-24)10-17-6-4-5-9-21-17/h2-9,13,15,24H,10-12,14H2,1H3,(H,22,25). The Morgan fingerprint density at radius 1 is 1.24 bits per heavy atom. The van der Waals surface area contributed by atoms with Gasteiger partial charge in [-0.15, -0.1) is 0 Å². The fourth-order valence-corrected chi connectivity index (χ4v) is 3.08. The summed E-state index contributed by atoms with van der Waals surface area (Å²) in [6.07, 6.45) is 4.72. The zero-order valence-corrected chi connectivity index (χ0v) is 14.4. The zero-order valence-electron chi connectivity index (χ0n) is 14.4. The van der Waals surface area contributed by atoms with E-state index in [-0.39, 0.29) is 18.4 Å². The molecule has 0 spiro atoms. The topological polar surface area (TPSA) is 67.2 Å². The third-order valence-corrected chi connectivity index (χ3v) is 4.40. The molecule has 1 atom stereocenters. The number of amides is 1. The molecule has 3 rings (SSSR count). The number of hydrogen-bond donors (Lipinski definition) is 2. The Bertz CT molecular complexity index is 843. The zero-order chi connectivity index (χ0) is 17.6. The van der Waals surface area contributed by atoms with Crippen LogP contribution in [0.25, 0.3) is 10.9 Å². The van der Waals surface area contributed by atoms with Gasteiger partial charge in [0, 0.05) is 55.1 Å². The number of nitrogens with zero attached hydrogens (tertiary/aromatic N) is 2. The minimum absolute atomic E-state index is 0.0190. The van der Waals surface area contributed by atoms with Gasteiger partial charge in [-0.2, -0.15) is 0 Å². The van der Waals surface area contributed by atoms with Crippen LogP contribution in [0.15, 0.2) is 54.9 Å². The largest absolute Gasteiger partial charge is 0.396 e. The first-order valence-electron chi connectivity index (χ1n) is 8.47. The van der Waals surface area contributed by atoms with Crippen LogP contribution < -0.4 is 5.32 Å². The summed E-state index contributed by atoms with van der Waals surface area (Å²) >= 11 is 0. The minimum Gasteiger partial charge on any atom is -0.396 e. The highest BCUT2D eigenvalue weighted by Crippen LogP contribution is 2.20. The van der Waals surface area contributed by atoms with Gasteiger partial charge in [-0.25, -0.2) is 0 Å². The van der Waals surface area contributed by atoms with Crippen molar-refractivity contribution in [3.8, 4) is 0 Å². The maximum absolute atomic E-state index is 12.3. The lowest BCUT2D eigenvalue weighted by atomic mass is 10.0. The second-order valence-corrected chi connectivity index (χ2v) is 6.34. The van der Waals surface area contributed by atoms with Crippen LogP contribution in [0.1, 0.15) is 11.3 Å². The Morgan fingerprint density at radius 2 is 2.04 bits per heavy atom. The third kappa shape index (κ3) is 4.25. The molecule has 2 N–H and O–H groups in total. The molecular formula is C20H23N3O2. The van der Waals surface area contributed by atoms with Gasteiger partial charge in [0.25, 0.3) is 0 Å². The summed E-state index contributed by atoms with van der Waals surface area (Å²) in [6, 6.07) is 13.8. The van der Waals surface area contributed by atoms with Crippen molar-refractivity contribution >= 4 is 16.8 Å². The van der Waals surface area contributed by atoms with Gasteiger partial charge in [0.1, 0.15) is 0 Å². The average molecular weight is 337 g/mol. The number of fused-ring (bicyclic) bond motifs is 1. The summed E-state index contributed by atoms with van der Waals surface area (Å²) in [4.78, 5) is 16.6. The summed E-state index contributed by atoms with van der Waals surface area (Å²) in [5.41, 5.74) is 3.06. The highest BCUT2D eigenvalue weighted by atomic mass is 16.3. The molecule has 1 unspecified atom stereocenters. The Balaban J connectivity index is 1.58. The van der Waals surface area contributed by atoms with Crippen molar-refractivity contribution in [3.05, 3.63) is 66.1 Å². The van der Waals surface area contributed by atoms with Gasteiger partial charge < -0.3 is 15.0 Å². The van der Waals surface area contributed by atoms with Crippen molar-refractivity contribution in [1.29, 1.82) is 0 Å². The predicted molar refractivity (Wildman–Crippen MR) is 98.1 cm³/mol. The van der Waals surface area contributed by atoms with Crippen LogP contribution >= 0.6 is 0 Å². The van der Waals surface area contributed by atoms with Gasteiger partial charge >= 0.3 is 0 Å². The van der Waals surface area contributed by atoms with E-state index in [2.05, 4.69) is 10.3 Å². The molecule has 1 aromatic carbocycles. The Labute approximate surface area is 147 Å². The van der Waals surface area contributed by atoms with E-state index < -0.39 is 0 Å². The molecule has 0 radical (unpaired) electrons. The van der Waals surface area contributed by atoms with Crippen molar-refractivity contribution < 1.29 is 9.90 Å². The van der Waals surface area contributed by atoms with Crippen LogP contribution in [0, 0.1) is 5.92 Å². The van der Waals surface area contributed by atoms with E-state index in [0.717, 1.165) is 22.2 Å². The summed E-state index contributed by atoms with van der Waals surface area (Å²) < 4.78 is 2.04. The molecule has 2 heterocycles. The van der Waals surface area contributed by atoms with E-state index in [0.29, 0.717) is 19.4 Å². The molecule has 1 amide bonds. The molecule has 130 valence electrons. The monoisotopic (exact) mass is 337 g/mol. The second kappa shape index (κ2) is 7.94. The number of aryl methyl sites for hydroxylation is 1. The van der Waals surface area contributed by atoms with E-state index >= 15 is 0 Å². The number of para-hydroxylation sites is 1. The molecule has 0 saturated carbocycles. The number of benzene rings is 1.